The van der Waals surface area contributed by atoms with E-state index in [9.17, 15) is 0 Å². The lowest BCUT2D eigenvalue weighted by atomic mass is 9.80. The van der Waals surface area contributed by atoms with Crippen LogP contribution in [0.2, 0.25) is 0 Å². The number of nitrogens with zero attached hydrogens (tertiary/aromatic N) is 1. The van der Waals surface area contributed by atoms with Crippen molar-refractivity contribution in [2.45, 2.75) is 45.4 Å². The first kappa shape index (κ1) is 26.3. The van der Waals surface area contributed by atoms with E-state index in [1.807, 2.05) is 0 Å². The molecule has 0 fully saturated rings. The van der Waals surface area contributed by atoms with Gasteiger partial charge in [-0.05, 0) is 79.9 Å². The van der Waals surface area contributed by atoms with Crippen molar-refractivity contribution in [3.05, 3.63) is 150 Å². The van der Waals surface area contributed by atoms with E-state index in [0.717, 1.165) is 5.69 Å². The molecule has 1 aliphatic rings. The van der Waals surface area contributed by atoms with E-state index in [1.165, 1.54) is 61.1 Å². The summed E-state index contributed by atoms with van der Waals surface area (Å²) >= 11 is 0. The van der Waals surface area contributed by atoms with Gasteiger partial charge in [0.15, 0.2) is 0 Å². The maximum atomic E-state index is 2.46. The van der Waals surface area contributed by atoms with Crippen LogP contribution in [-0.2, 0) is 10.8 Å². The Hall–Kier alpha value is -4.62. The van der Waals surface area contributed by atoms with Crippen LogP contribution in [-0.4, -0.2) is 0 Å². The summed E-state index contributed by atoms with van der Waals surface area (Å²) in [5.74, 6) is 0. The largest absolute Gasteiger partial charge is 0.310 e. The van der Waals surface area contributed by atoms with Crippen LogP contribution >= 0.6 is 0 Å². The standard InChI is InChI=1S/C41H37N/c1-40(2,3)35-21-13-12-20-34(35)39-31-18-10-9-15-28(31)23-26-38(39)42(29-16-7-6-8-17-29)30-24-25-33-32-19-11-14-22-36(32)41(4,5)37(33)27-30/h6-27H,1-5H3. The van der Waals surface area contributed by atoms with Crippen molar-refractivity contribution in [2.75, 3.05) is 4.90 Å². The summed E-state index contributed by atoms with van der Waals surface area (Å²) < 4.78 is 0. The molecule has 1 heteroatoms. The monoisotopic (exact) mass is 543 g/mol. The van der Waals surface area contributed by atoms with Crippen molar-refractivity contribution < 1.29 is 0 Å². The molecule has 0 N–H and O–H groups in total. The van der Waals surface area contributed by atoms with Gasteiger partial charge in [-0.2, -0.15) is 0 Å². The molecule has 0 amide bonds. The van der Waals surface area contributed by atoms with Gasteiger partial charge in [-0.25, -0.2) is 0 Å². The normalized spacial score (nSPS) is 13.5. The second kappa shape index (κ2) is 9.74. The summed E-state index contributed by atoms with van der Waals surface area (Å²) in [6.45, 7) is 11.6. The quantitative estimate of drug-likeness (QED) is 0.214. The van der Waals surface area contributed by atoms with Crippen LogP contribution in [0.25, 0.3) is 33.0 Å². The minimum atomic E-state index is -0.0741. The van der Waals surface area contributed by atoms with Gasteiger partial charge in [0.05, 0.1) is 5.69 Å². The number of hydrogen-bond acceptors (Lipinski definition) is 1. The third-order valence-corrected chi connectivity index (χ3v) is 8.99. The Morgan fingerprint density at radius 2 is 1.17 bits per heavy atom. The van der Waals surface area contributed by atoms with Crippen molar-refractivity contribution >= 4 is 27.8 Å². The molecule has 1 nitrogen and oxygen atoms in total. The molecule has 0 atom stereocenters. The fourth-order valence-corrected chi connectivity index (χ4v) is 6.92. The molecule has 0 spiro atoms. The number of hydrogen-bond donors (Lipinski definition) is 0. The molecular formula is C41H37N. The number of anilines is 3. The van der Waals surface area contributed by atoms with Crippen LogP contribution in [0.5, 0.6) is 0 Å². The topological polar surface area (TPSA) is 3.24 Å². The Balaban J connectivity index is 1.54. The van der Waals surface area contributed by atoms with Crippen molar-refractivity contribution in [1.82, 2.24) is 0 Å². The summed E-state index contributed by atoms with van der Waals surface area (Å²) in [6, 6.07) is 49.1. The number of fused-ring (bicyclic) bond motifs is 4. The van der Waals surface area contributed by atoms with E-state index >= 15 is 0 Å². The van der Waals surface area contributed by atoms with E-state index in [4.69, 9.17) is 0 Å². The van der Waals surface area contributed by atoms with Gasteiger partial charge in [0.1, 0.15) is 0 Å². The van der Waals surface area contributed by atoms with Crippen LogP contribution in [0.4, 0.5) is 17.1 Å². The van der Waals surface area contributed by atoms with Gasteiger partial charge in [-0.1, -0.05) is 138 Å². The fraction of sp³-hybridized carbons (Fsp3) is 0.171. The Labute approximate surface area is 250 Å². The SMILES string of the molecule is CC(C)(C)c1ccccc1-c1c(N(c2ccccc2)c2ccc3c(c2)C(C)(C)c2ccccc2-3)ccc2ccccc12. The average molecular weight is 544 g/mol. The molecule has 1 aliphatic carbocycles. The Bertz CT molecular complexity index is 1940. The molecule has 0 aromatic heterocycles. The summed E-state index contributed by atoms with van der Waals surface area (Å²) in [5.41, 5.74) is 12.8. The lowest BCUT2D eigenvalue weighted by Crippen LogP contribution is -2.17. The van der Waals surface area contributed by atoms with Gasteiger partial charge in [-0.15, -0.1) is 0 Å². The van der Waals surface area contributed by atoms with E-state index in [0.29, 0.717) is 0 Å². The zero-order valence-corrected chi connectivity index (χ0v) is 25.1. The van der Waals surface area contributed by atoms with Gasteiger partial charge >= 0.3 is 0 Å². The lowest BCUT2D eigenvalue weighted by Gasteiger charge is -2.32. The van der Waals surface area contributed by atoms with Gasteiger partial charge in [0.25, 0.3) is 0 Å². The molecule has 6 aromatic carbocycles. The van der Waals surface area contributed by atoms with Crippen molar-refractivity contribution in [1.29, 1.82) is 0 Å². The van der Waals surface area contributed by atoms with Gasteiger partial charge in [0, 0.05) is 22.4 Å². The highest BCUT2D eigenvalue weighted by Gasteiger charge is 2.36. The van der Waals surface area contributed by atoms with Crippen molar-refractivity contribution in [2.24, 2.45) is 0 Å². The predicted octanol–water partition coefficient (Wildman–Crippen LogP) is 11.6. The molecule has 7 rings (SSSR count). The summed E-state index contributed by atoms with van der Waals surface area (Å²) in [4.78, 5) is 2.46. The van der Waals surface area contributed by atoms with E-state index in [-0.39, 0.29) is 10.8 Å². The second-order valence-electron chi connectivity index (χ2n) is 13.0. The van der Waals surface area contributed by atoms with Gasteiger partial charge < -0.3 is 4.90 Å². The average Bonchev–Trinajstić information content (AvgIpc) is 3.23. The van der Waals surface area contributed by atoms with Crippen molar-refractivity contribution in [3.63, 3.8) is 0 Å². The van der Waals surface area contributed by atoms with Crippen LogP contribution in [0, 0.1) is 0 Å². The molecule has 0 aliphatic heterocycles. The maximum absolute atomic E-state index is 2.46. The molecule has 0 radical (unpaired) electrons. The third kappa shape index (κ3) is 4.15. The highest BCUT2D eigenvalue weighted by molar-refractivity contribution is 6.06. The first-order valence-corrected chi connectivity index (χ1v) is 15.0. The van der Waals surface area contributed by atoms with Crippen LogP contribution in [0.3, 0.4) is 0 Å². The van der Waals surface area contributed by atoms with Crippen LogP contribution in [0.1, 0.15) is 51.3 Å². The number of rotatable bonds is 4. The molecule has 42 heavy (non-hydrogen) atoms. The molecule has 6 aromatic rings. The van der Waals surface area contributed by atoms with Crippen LogP contribution < -0.4 is 4.90 Å². The highest BCUT2D eigenvalue weighted by Crippen LogP contribution is 2.52. The maximum Gasteiger partial charge on any atom is 0.0546 e. The number of para-hydroxylation sites is 1. The Morgan fingerprint density at radius 3 is 1.95 bits per heavy atom. The zero-order valence-electron chi connectivity index (χ0n) is 25.1. The molecule has 0 saturated carbocycles. The molecule has 0 saturated heterocycles. The first-order chi connectivity index (χ1) is 20.2. The highest BCUT2D eigenvalue weighted by atomic mass is 15.1. The Kier molecular flexibility index (Phi) is 6.10. The number of benzene rings is 6. The van der Waals surface area contributed by atoms with Gasteiger partial charge in [-0.3, -0.25) is 0 Å². The summed E-state index contributed by atoms with van der Waals surface area (Å²) in [7, 11) is 0. The first-order valence-electron chi connectivity index (χ1n) is 15.0. The van der Waals surface area contributed by atoms with E-state index in [1.54, 1.807) is 0 Å². The van der Waals surface area contributed by atoms with E-state index < -0.39 is 0 Å². The lowest BCUT2D eigenvalue weighted by molar-refractivity contribution is 0.592. The fourth-order valence-electron chi connectivity index (χ4n) is 6.92. The predicted molar refractivity (Wildman–Crippen MR) is 180 cm³/mol. The van der Waals surface area contributed by atoms with E-state index in [2.05, 4.69) is 173 Å². The van der Waals surface area contributed by atoms with Crippen LogP contribution in [0.15, 0.2) is 133 Å². The molecular weight excluding hydrogens is 506 g/mol. The second-order valence-corrected chi connectivity index (χ2v) is 13.0. The van der Waals surface area contributed by atoms with Crippen molar-refractivity contribution in [3.8, 4) is 22.3 Å². The minimum absolute atomic E-state index is 0.00818. The molecule has 0 bridgehead atoms. The molecule has 0 heterocycles. The Morgan fingerprint density at radius 1 is 0.524 bits per heavy atom. The third-order valence-electron chi connectivity index (χ3n) is 8.99. The summed E-state index contributed by atoms with van der Waals surface area (Å²) in [6.07, 6.45) is 0. The minimum Gasteiger partial charge on any atom is -0.310 e. The molecule has 0 unspecified atom stereocenters. The smallest absolute Gasteiger partial charge is 0.0546 e. The zero-order chi connectivity index (χ0) is 29.1. The van der Waals surface area contributed by atoms with Gasteiger partial charge in [0.2, 0.25) is 0 Å². The summed E-state index contributed by atoms with van der Waals surface area (Å²) in [5, 5.41) is 2.51. The molecule has 206 valence electrons.